The molecule has 0 radical (unpaired) electrons. The van der Waals surface area contributed by atoms with E-state index in [0.29, 0.717) is 38.3 Å². The number of allylic oxidation sites excluding steroid dienone is 2. The number of nitriles is 2. The molecule has 1 heterocycles. The number of esters is 1. The number of nitrogens with zero attached hydrogens (tertiary/aromatic N) is 3. The highest BCUT2D eigenvalue weighted by Crippen LogP contribution is 2.40. The molecule has 0 unspecified atom stereocenters. The van der Waals surface area contributed by atoms with Gasteiger partial charge < -0.3 is 14.4 Å². The zero-order valence-corrected chi connectivity index (χ0v) is 16.5. The SMILES string of the molecule is CCOC(=O)C(=C(C#N)C#N)C1=C(N2CCOCC2)/C(=C\c2ccccc2)CC1. The van der Waals surface area contributed by atoms with Gasteiger partial charge in [-0.05, 0) is 42.6 Å². The molecule has 1 aromatic carbocycles. The first kappa shape index (κ1) is 20.4. The molecule has 0 bridgehead atoms. The number of hydrogen-bond donors (Lipinski definition) is 0. The summed E-state index contributed by atoms with van der Waals surface area (Å²) in [6, 6.07) is 13.7. The molecular formula is C23H23N3O3. The van der Waals surface area contributed by atoms with Crippen LogP contribution in [0.25, 0.3) is 6.08 Å². The zero-order valence-electron chi connectivity index (χ0n) is 16.5. The third-order valence-corrected chi connectivity index (χ3v) is 4.96. The van der Waals surface area contributed by atoms with Crippen molar-refractivity contribution in [1.82, 2.24) is 4.90 Å². The lowest BCUT2D eigenvalue weighted by Crippen LogP contribution is -2.36. The smallest absolute Gasteiger partial charge is 0.340 e. The third kappa shape index (κ3) is 4.56. The molecule has 0 aromatic heterocycles. The van der Waals surface area contributed by atoms with Crippen LogP contribution in [-0.2, 0) is 14.3 Å². The highest BCUT2D eigenvalue weighted by atomic mass is 16.5. The van der Waals surface area contributed by atoms with E-state index >= 15 is 0 Å². The van der Waals surface area contributed by atoms with Crippen LogP contribution in [0.4, 0.5) is 0 Å². The first-order valence-corrected chi connectivity index (χ1v) is 9.73. The molecule has 1 aliphatic heterocycles. The van der Waals surface area contributed by atoms with Crippen LogP contribution in [0.1, 0.15) is 25.3 Å². The Morgan fingerprint density at radius 3 is 2.48 bits per heavy atom. The van der Waals surface area contributed by atoms with Gasteiger partial charge in [0.1, 0.15) is 17.7 Å². The maximum atomic E-state index is 12.7. The van der Waals surface area contributed by atoms with Crippen molar-refractivity contribution in [3.8, 4) is 12.1 Å². The molecule has 3 rings (SSSR count). The van der Waals surface area contributed by atoms with Crippen molar-refractivity contribution in [2.24, 2.45) is 0 Å². The molecular weight excluding hydrogens is 366 g/mol. The lowest BCUT2D eigenvalue weighted by Gasteiger charge is -2.32. The van der Waals surface area contributed by atoms with Gasteiger partial charge in [0.2, 0.25) is 0 Å². The van der Waals surface area contributed by atoms with Gasteiger partial charge in [-0.3, -0.25) is 0 Å². The molecule has 0 atom stereocenters. The monoisotopic (exact) mass is 389 g/mol. The van der Waals surface area contributed by atoms with Crippen LogP contribution in [0.15, 0.2) is 58.3 Å². The summed E-state index contributed by atoms with van der Waals surface area (Å²) in [5.41, 5.74) is 3.68. The normalized spacial score (nSPS) is 17.6. The summed E-state index contributed by atoms with van der Waals surface area (Å²) in [4.78, 5) is 14.9. The van der Waals surface area contributed by atoms with Gasteiger partial charge in [-0.2, -0.15) is 10.5 Å². The Balaban J connectivity index is 2.17. The molecule has 148 valence electrons. The molecule has 1 aromatic rings. The molecule has 6 nitrogen and oxygen atoms in total. The lowest BCUT2D eigenvalue weighted by molar-refractivity contribution is -0.138. The van der Waals surface area contributed by atoms with Crippen LogP contribution in [-0.4, -0.2) is 43.8 Å². The van der Waals surface area contributed by atoms with Gasteiger partial charge >= 0.3 is 5.97 Å². The van der Waals surface area contributed by atoms with Crippen molar-refractivity contribution in [2.45, 2.75) is 19.8 Å². The zero-order chi connectivity index (χ0) is 20.6. The standard InChI is InChI=1S/C23H23N3O3/c1-2-29-23(27)21(19(15-24)16-25)20-9-8-18(14-17-6-4-3-5-7-17)22(20)26-10-12-28-13-11-26/h3-7,14H,2,8-13H2,1H3/b18-14-. The minimum absolute atomic E-state index is 0.0924. The van der Waals surface area contributed by atoms with E-state index < -0.39 is 5.97 Å². The largest absolute Gasteiger partial charge is 0.462 e. The summed E-state index contributed by atoms with van der Waals surface area (Å²) in [6.07, 6.45) is 3.41. The summed E-state index contributed by atoms with van der Waals surface area (Å²) in [5.74, 6) is -0.618. The predicted octanol–water partition coefficient (Wildman–Crippen LogP) is 3.36. The molecule has 1 saturated heterocycles. The minimum Gasteiger partial charge on any atom is -0.462 e. The average molecular weight is 389 g/mol. The van der Waals surface area contributed by atoms with Gasteiger partial charge in [-0.15, -0.1) is 0 Å². The predicted molar refractivity (Wildman–Crippen MR) is 108 cm³/mol. The minimum atomic E-state index is -0.618. The van der Waals surface area contributed by atoms with E-state index in [4.69, 9.17) is 9.47 Å². The van der Waals surface area contributed by atoms with E-state index in [2.05, 4.69) is 11.0 Å². The van der Waals surface area contributed by atoms with E-state index in [9.17, 15) is 15.3 Å². The molecule has 2 aliphatic rings. The van der Waals surface area contributed by atoms with Crippen molar-refractivity contribution in [2.75, 3.05) is 32.9 Å². The first-order chi connectivity index (χ1) is 14.2. The van der Waals surface area contributed by atoms with Crippen LogP contribution in [0.5, 0.6) is 0 Å². The number of ether oxygens (including phenoxy) is 2. The quantitative estimate of drug-likeness (QED) is 0.436. The Hall–Kier alpha value is -3.35. The average Bonchev–Trinajstić information content (AvgIpc) is 3.16. The number of carbonyl (C=O) groups excluding carboxylic acids is 1. The fraction of sp³-hybridized carbons (Fsp3) is 0.348. The Morgan fingerprint density at radius 2 is 1.86 bits per heavy atom. The van der Waals surface area contributed by atoms with Crippen molar-refractivity contribution in [3.63, 3.8) is 0 Å². The van der Waals surface area contributed by atoms with Gasteiger partial charge in [0.25, 0.3) is 0 Å². The highest BCUT2D eigenvalue weighted by molar-refractivity contribution is 5.97. The number of carbonyl (C=O) groups is 1. The molecule has 0 amide bonds. The Morgan fingerprint density at radius 1 is 1.17 bits per heavy atom. The summed E-state index contributed by atoms with van der Waals surface area (Å²) in [7, 11) is 0. The molecule has 29 heavy (non-hydrogen) atoms. The molecule has 0 N–H and O–H groups in total. The van der Waals surface area contributed by atoms with E-state index in [1.807, 2.05) is 42.5 Å². The van der Waals surface area contributed by atoms with Gasteiger partial charge in [-0.1, -0.05) is 30.3 Å². The second kappa shape index (κ2) is 9.73. The number of benzene rings is 1. The van der Waals surface area contributed by atoms with Crippen LogP contribution in [0, 0.1) is 22.7 Å². The summed E-state index contributed by atoms with van der Waals surface area (Å²) >= 11 is 0. The molecule has 0 spiro atoms. The van der Waals surface area contributed by atoms with E-state index in [-0.39, 0.29) is 17.8 Å². The first-order valence-electron chi connectivity index (χ1n) is 9.73. The van der Waals surface area contributed by atoms with Crippen LogP contribution in [0.3, 0.4) is 0 Å². The van der Waals surface area contributed by atoms with E-state index in [0.717, 1.165) is 23.3 Å². The van der Waals surface area contributed by atoms with Gasteiger partial charge in [0, 0.05) is 18.8 Å². The molecule has 6 heteroatoms. The number of morpholine rings is 1. The summed E-state index contributed by atoms with van der Waals surface area (Å²) in [6.45, 7) is 4.46. The Bertz CT molecular complexity index is 924. The maximum absolute atomic E-state index is 12.7. The van der Waals surface area contributed by atoms with E-state index in [1.54, 1.807) is 6.92 Å². The van der Waals surface area contributed by atoms with Crippen LogP contribution >= 0.6 is 0 Å². The Labute approximate surface area is 170 Å². The van der Waals surface area contributed by atoms with Gasteiger partial charge in [0.15, 0.2) is 0 Å². The summed E-state index contributed by atoms with van der Waals surface area (Å²) < 4.78 is 10.7. The number of rotatable bonds is 5. The maximum Gasteiger partial charge on any atom is 0.340 e. The van der Waals surface area contributed by atoms with Crippen molar-refractivity contribution < 1.29 is 14.3 Å². The fourth-order valence-corrected chi connectivity index (χ4v) is 3.72. The molecule has 1 fully saturated rings. The summed E-state index contributed by atoms with van der Waals surface area (Å²) in [5, 5.41) is 18.9. The second-order valence-corrected chi connectivity index (χ2v) is 6.70. The third-order valence-electron chi connectivity index (χ3n) is 4.96. The number of hydrogen-bond acceptors (Lipinski definition) is 6. The fourth-order valence-electron chi connectivity index (χ4n) is 3.72. The molecule has 0 saturated carbocycles. The van der Waals surface area contributed by atoms with Crippen molar-refractivity contribution in [3.05, 3.63) is 63.9 Å². The van der Waals surface area contributed by atoms with Crippen molar-refractivity contribution >= 4 is 12.0 Å². The van der Waals surface area contributed by atoms with Crippen LogP contribution in [0.2, 0.25) is 0 Å². The van der Waals surface area contributed by atoms with Gasteiger partial charge in [0.05, 0.1) is 25.4 Å². The van der Waals surface area contributed by atoms with Crippen molar-refractivity contribution in [1.29, 1.82) is 10.5 Å². The second-order valence-electron chi connectivity index (χ2n) is 6.70. The highest BCUT2D eigenvalue weighted by Gasteiger charge is 2.32. The lowest BCUT2D eigenvalue weighted by atomic mass is 9.98. The molecule has 1 aliphatic carbocycles. The van der Waals surface area contributed by atoms with Crippen LogP contribution < -0.4 is 0 Å². The van der Waals surface area contributed by atoms with E-state index in [1.165, 1.54) is 0 Å². The van der Waals surface area contributed by atoms with Gasteiger partial charge in [-0.25, -0.2) is 4.79 Å². The topological polar surface area (TPSA) is 86.3 Å². The Kier molecular flexibility index (Phi) is 6.84.